The first-order chi connectivity index (χ1) is 45.1. The number of unbranched alkanes of at least 4 members (excludes halogenated alkanes) is 10. The highest BCUT2D eigenvalue weighted by Crippen LogP contribution is 2.57. The van der Waals surface area contributed by atoms with Gasteiger partial charge in [-0.05, 0) is 198 Å². The zero-order valence-electron chi connectivity index (χ0n) is 57.8. The van der Waals surface area contributed by atoms with E-state index in [1.165, 1.54) is 58.2 Å². The second-order valence-corrected chi connectivity index (χ2v) is 27.0. The summed E-state index contributed by atoms with van der Waals surface area (Å²) in [7, 11) is 1.68. The van der Waals surface area contributed by atoms with Gasteiger partial charge in [0.2, 0.25) is 0 Å². The molecule has 0 saturated carbocycles. The van der Waals surface area contributed by atoms with Gasteiger partial charge in [-0.1, -0.05) is 247 Å². The number of carbonyl (C=O) groups excluding carboxylic acids is 2. The number of hydrogen-bond donors (Lipinski definition) is 0. The first kappa shape index (κ1) is 72.5. The Labute approximate surface area is 560 Å². The summed E-state index contributed by atoms with van der Waals surface area (Å²) in [5.41, 5.74) is 9.04. The van der Waals surface area contributed by atoms with Crippen LogP contribution in [0.2, 0.25) is 0 Å². The molecule has 2 unspecified atom stereocenters. The molecule has 0 spiro atoms. The maximum absolute atomic E-state index is 14.1. The van der Waals surface area contributed by atoms with E-state index in [-0.39, 0.29) is 17.4 Å². The van der Waals surface area contributed by atoms with Crippen molar-refractivity contribution in [2.75, 3.05) is 33.5 Å². The fourth-order valence-corrected chi connectivity index (χ4v) is 13.2. The van der Waals surface area contributed by atoms with Crippen LogP contribution in [-0.4, -0.2) is 45.5 Å². The number of aryl methyl sites for hydroxylation is 1. The summed E-state index contributed by atoms with van der Waals surface area (Å²) < 4.78 is 29.1. The molecular formula is C86H108O7. The van der Waals surface area contributed by atoms with Gasteiger partial charge in [0.1, 0.15) is 17.2 Å². The largest absolute Gasteiger partial charge is 0.497 e. The third-order valence-electron chi connectivity index (χ3n) is 18.8. The van der Waals surface area contributed by atoms with E-state index >= 15 is 0 Å². The maximum Gasteiger partial charge on any atom is 0.311 e. The Kier molecular flexibility index (Phi) is 29.4. The van der Waals surface area contributed by atoms with E-state index in [0.717, 1.165) is 118 Å². The molecule has 0 aliphatic heterocycles. The van der Waals surface area contributed by atoms with Gasteiger partial charge in [0.25, 0.3) is 0 Å². The topological polar surface area (TPSA) is 80.3 Å². The Bertz CT molecular complexity index is 3300. The third-order valence-corrected chi connectivity index (χ3v) is 18.8. The highest BCUT2D eigenvalue weighted by molar-refractivity contribution is 5.77. The molecular weight excluding hydrogens is 1140 g/mol. The van der Waals surface area contributed by atoms with E-state index in [4.69, 9.17) is 23.7 Å². The summed E-state index contributed by atoms with van der Waals surface area (Å²) in [6.45, 7) is 19.5. The van der Waals surface area contributed by atoms with Crippen LogP contribution in [0.5, 0.6) is 17.2 Å². The Balaban J connectivity index is 0.000000278. The van der Waals surface area contributed by atoms with Crippen molar-refractivity contribution in [3.8, 4) is 39.5 Å². The summed E-state index contributed by atoms with van der Waals surface area (Å²) in [5, 5.41) is 0. The van der Waals surface area contributed by atoms with Gasteiger partial charge in [-0.3, -0.25) is 9.59 Å². The quantitative estimate of drug-likeness (QED) is 0.0282. The molecule has 8 rings (SSSR count). The second kappa shape index (κ2) is 37.7. The average molecular weight is 1250 g/mol. The molecule has 0 bridgehead atoms. The van der Waals surface area contributed by atoms with E-state index in [0.29, 0.717) is 38.8 Å². The number of benzene rings is 8. The number of esters is 2. The molecule has 93 heavy (non-hydrogen) atoms. The lowest BCUT2D eigenvalue weighted by molar-refractivity contribution is -0.156. The van der Waals surface area contributed by atoms with Gasteiger partial charge < -0.3 is 23.7 Å². The van der Waals surface area contributed by atoms with E-state index in [1.807, 2.05) is 50.2 Å². The van der Waals surface area contributed by atoms with Crippen LogP contribution in [-0.2, 0) is 29.9 Å². The number of carbonyl (C=O) groups is 2. The lowest BCUT2D eigenvalue weighted by Crippen LogP contribution is -2.52. The summed E-state index contributed by atoms with van der Waals surface area (Å²) in [5.74, 6) is 2.81. The monoisotopic (exact) mass is 1250 g/mol. The van der Waals surface area contributed by atoms with Gasteiger partial charge >= 0.3 is 11.9 Å². The van der Waals surface area contributed by atoms with Crippen molar-refractivity contribution in [1.29, 1.82) is 0 Å². The van der Waals surface area contributed by atoms with Crippen molar-refractivity contribution in [2.45, 2.75) is 188 Å². The zero-order valence-corrected chi connectivity index (χ0v) is 57.8. The van der Waals surface area contributed by atoms with Crippen molar-refractivity contribution >= 4 is 11.9 Å². The number of hydrogen-bond acceptors (Lipinski definition) is 7. The molecule has 0 fully saturated rings. The lowest BCUT2D eigenvalue weighted by Gasteiger charge is -2.53. The number of ether oxygens (including phenoxy) is 5. The zero-order chi connectivity index (χ0) is 66.2. The maximum atomic E-state index is 14.1. The van der Waals surface area contributed by atoms with Crippen molar-refractivity contribution in [3.63, 3.8) is 0 Å². The fourth-order valence-electron chi connectivity index (χ4n) is 13.2. The average Bonchev–Trinajstić information content (AvgIpc) is 0.718. The van der Waals surface area contributed by atoms with E-state index in [9.17, 15) is 9.59 Å². The van der Waals surface area contributed by atoms with Gasteiger partial charge in [0.15, 0.2) is 0 Å². The predicted molar refractivity (Wildman–Crippen MR) is 387 cm³/mol. The Morgan fingerprint density at radius 3 is 1.19 bits per heavy atom. The van der Waals surface area contributed by atoms with Crippen LogP contribution < -0.4 is 14.2 Å². The molecule has 494 valence electrons. The van der Waals surface area contributed by atoms with Crippen LogP contribution in [0.15, 0.2) is 218 Å². The summed E-state index contributed by atoms with van der Waals surface area (Å²) in [4.78, 5) is 27.1. The third kappa shape index (κ3) is 21.8. The van der Waals surface area contributed by atoms with E-state index < -0.39 is 16.2 Å². The first-order valence-corrected chi connectivity index (χ1v) is 34.9. The van der Waals surface area contributed by atoms with E-state index in [1.54, 1.807) is 7.11 Å². The Morgan fingerprint density at radius 2 is 0.763 bits per heavy atom. The van der Waals surface area contributed by atoms with Crippen LogP contribution in [0.25, 0.3) is 22.3 Å². The minimum absolute atomic E-state index is 0.0728. The summed E-state index contributed by atoms with van der Waals surface area (Å²) in [6, 6.07) is 76.6. The minimum Gasteiger partial charge on any atom is -0.497 e. The normalized spacial score (nSPS) is 12.6. The van der Waals surface area contributed by atoms with Crippen LogP contribution in [0.1, 0.15) is 198 Å². The Morgan fingerprint density at radius 1 is 0.387 bits per heavy atom. The predicted octanol–water partition coefficient (Wildman–Crippen LogP) is 22.7. The molecule has 2 atom stereocenters. The molecule has 8 aromatic rings. The number of rotatable bonds is 38. The summed E-state index contributed by atoms with van der Waals surface area (Å²) in [6.07, 6.45) is 18.4. The van der Waals surface area contributed by atoms with Crippen molar-refractivity contribution in [2.24, 2.45) is 10.8 Å². The SMILES string of the molecule is CCCCCC(C)(c1ccccc1)C(CC(C)(C)C(=O)OCCCCCCOc1ccc(-c2ccc(OC)cc2)cc1)(c1ccccc1)c1ccccc1.CCCCCC(CC(C)(C)C(=O)OCCCCCCOc1ccc(-c2ccc(C)cc2)cc1)c1ccccc1. The highest BCUT2D eigenvalue weighted by Gasteiger charge is 2.54. The molecule has 0 saturated heterocycles. The van der Waals surface area contributed by atoms with Gasteiger partial charge in [-0.15, -0.1) is 0 Å². The smallest absolute Gasteiger partial charge is 0.311 e. The fraction of sp³-hybridized carbons (Fsp3) is 0.419. The van der Waals surface area contributed by atoms with Crippen LogP contribution in [0, 0.1) is 17.8 Å². The van der Waals surface area contributed by atoms with Crippen molar-refractivity contribution in [3.05, 3.63) is 246 Å². The first-order valence-electron chi connectivity index (χ1n) is 34.9. The van der Waals surface area contributed by atoms with Gasteiger partial charge in [0, 0.05) is 10.8 Å². The molecule has 0 aliphatic rings. The molecule has 0 aromatic heterocycles. The van der Waals surface area contributed by atoms with Crippen LogP contribution in [0.3, 0.4) is 0 Å². The minimum atomic E-state index is -0.747. The molecule has 0 aliphatic carbocycles. The molecule has 0 amide bonds. The van der Waals surface area contributed by atoms with E-state index in [2.05, 4.69) is 224 Å². The highest BCUT2D eigenvalue weighted by atomic mass is 16.5. The van der Waals surface area contributed by atoms with Crippen LogP contribution >= 0.6 is 0 Å². The Hall–Kier alpha value is -7.90. The number of methoxy groups -OCH3 is 1. The second-order valence-electron chi connectivity index (χ2n) is 27.0. The standard InChI is InChI=1S/C50H60O4.C36H48O3/c1-6-7-19-36-49(4,42-22-13-10-14-23-42)50(43-24-15-11-16-25-43,44-26-17-12-18-27-44)39-48(2,3)47(51)54-38-21-9-8-20-37-53-46-34-30-41(31-35-46)40-28-32-45(52-5)33-29-40;1-5-6-10-17-33(30-15-11-9-12-16-30)28-36(3,4)35(37)39-27-14-8-7-13-26-38-34-24-22-32(23-25-34)31-20-18-29(2)19-21-31/h10-18,22-35H,6-9,19-21,36-39H2,1-5H3;9,11-12,15-16,18-25,33H,5-8,10,13-14,17,26-28H2,1-4H3. The van der Waals surface area contributed by atoms with Gasteiger partial charge in [-0.2, -0.15) is 0 Å². The van der Waals surface area contributed by atoms with Gasteiger partial charge in [0.05, 0.1) is 44.4 Å². The van der Waals surface area contributed by atoms with Crippen LogP contribution in [0.4, 0.5) is 0 Å². The molecule has 7 heteroatoms. The molecule has 8 aromatic carbocycles. The van der Waals surface area contributed by atoms with Crippen molar-refractivity contribution in [1.82, 2.24) is 0 Å². The van der Waals surface area contributed by atoms with Crippen molar-refractivity contribution < 1.29 is 33.3 Å². The molecule has 7 nitrogen and oxygen atoms in total. The molecule has 0 N–H and O–H groups in total. The molecule has 0 heterocycles. The lowest BCUT2D eigenvalue weighted by atomic mass is 9.49. The molecule has 0 radical (unpaired) electrons. The summed E-state index contributed by atoms with van der Waals surface area (Å²) >= 11 is 0. The van der Waals surface area contributed by atoms with Gasteiger partial charge in [-0.25, -0.2) is 0 Å².